The first-order chi connectivity index (χ1) is 21.2. The summed E-state index contributed by atoms with van der Waals surface area (Å²) in [4.78, 5) is 0. The van der Waals surface area contributed by atoms with Gasteiger partial charge in [0.1, 0.15) is 17.2 Å². The Morgan fingerprint density at radius 3 is 2.05 bits per heavy atom. The molecule has 0 aliphatic heterocycles. The summed E-state index contributed by atoms with van der Waals surface area (Å²) in [7, 11) is 0. The molecule has 0 spiro atoms. The van der Waals surface area contributed by atoms with E-state index in [1.807, 2.05) is 72.8 Å². The lowest BCUT2D eigenvalue weighted by atomic mass is 9.98. The van der Waals surface area contributed by atoms with E-state index < -0.39 is 0 Å². The van der Waals surface area contributed by atoms with Gasteiger partial charge in [0.25, 0.3) is 0 Å². The Balaban J connectivity index is 1.34. The average molecular weight is 550 g/mol. The highest BCUT2D eigenvalue weighted by molar-refractivity contribution is 6.19. The number of rotatable bonds is 2. The lowest BCUT2D eigenvalue weighted by molar-refractivity contribution is 0.633. The number of nitrogens with zero attached hydrogens (tertiary/aromatic N) is 3. The van der Waals surface area contributed by atoms with Gasteiger partial charge in [-0.2, -0.15) is 10.5 Å². The molecule has 0 amide bonds. The summed E-state index contributed by atoms with van der Waals surface area (Å²) in [5, 5.41) is 26.0. The van der Waals surface area contributed by atoms with Gasteiger partial charge in [0.15, 0.2) is 11.2 Å². The highest BCUT2D eigenvalue weighted by Gasteiger charge is 2.21. The zero-order chi connectivity index (χ0) is 28.7. The monoisotopic (exact) mass is 549 g/mol. The molecule has 0 aliphatic rings. The first-order valence-corrected chi connectivity index (χ1v) is 14.0. The van der Waals surface area contributed by atoms with Gasteiger partial charge in [-0.1, -0.05) is 54.6 Å². The summed E-state index contributed by atoms with van der Waals surface area (Å²) < 4.78 is 14.8. The van der Waals surface area contributed by atoms with Crippen LogP contribution in [0.15, 0.2) is 124 Å². The van der Waals surface area contributed by atoms with Crippen LogP contribution in [0, 0.1) is 22.7 Å². The van der Waals surface area contributed by atoms with Gasteiger partial charge in [0.05, 0.1) is 33.9 Å². The van der Waals surface area contributed by atoms with Gasteiger partial charge in [-0.05, 0) is 66.2 Å². The van der Waals surface area contributed by atoms with Gasteiger partial charge < -0.3 is 13.4 Å². The molecule has 5 heteroatoms. The van der Waals surface area contributed by atoms with Gasteiger partial charge in [-0.25, -0.2) is 0 Å². The largest absolute Gasteiger partial charge is 0.452 e. The van der Waals surface area contributed by atoms with Gasteiger partial charge in [-0.15, -0.1) is 0 Å². The zero-order valence-electron chi connectivity index (χ0n) is 22.6. The first-order valence-electron chi connectivity index (χ1n) is 14.0. The van der Waals surface area contributed by atoms with Crippen LogP contribution in [-0.4, -0.2) is 4.57 Å². The molecule has 3 heterocycles. The van der Waals surface area contributed by atoms with Gasteiger partial charge in [0, 0.05) is 37.9 Å². The van der Waals surface area contributed by atoms with Crippen LogP contribution in [-0.2, 0) is 0 Å². The van der Waals surface area contributed by atoms with Crippen molar-refractivity contribution in [2.45, 2.75) is 0 Å². The predicted octanol–water partition coefficient (Wildman–Crippen LogP) is 9.99. The van der Waals surface area contributed by atoms with E-state index in [4.69, 9.17) is 8.83 Å². The number of hydrogen-bond donors (Lipinski definition) is 0. The molecule has 0 radical (unpaired) electrons. The van der Waals surface area contributed by atoms with E-state index >= 15 is 0 Å². The molecule has 0 saturated carbocycles. The Labute approximate surface area is 244 Å². The van der Waals surface area contributed by atoms with Crippen molar-refractivity contribution >= 4 is 65.7 Å². The summed E-state index contributed by atoms with van der Waals surface area (Å²) in [6, 6.07) is 42.8. The van der Waals surface area contributed by atoms with E-state index in [2.05, 4.69) is 59.2 Å². The van der Waals surface area contributed by atoms with Gasteiger partial charge >= 0.3 is 0 Å². The van der Waals surface area contributed by atoms with E-state index in [0.717, 1.165) is 82.5 Å². The van der Waals surface area contributed by atoms with E-state index in [9.17, 15) is 10.5 Å². The summed E-state index contributed by atoms with van der Waals surface area (Å²) in [5.41, 5.74) is 8.82. The lowest BCUT2D eigenvalue weighted by Crippen LogP contribution is -2.00. The molecule has 9 rings (SSSR count). The van der Waals surface area contributed by atoms with E-state index in [-0.39, 0.29) is 0 Å². The van der Waals surface area contributed by atoms with Crippen LogP contribution in [0.2, 0.25) is 0 Å². The standard InChI is InChI=1S/C38H19N3O2/c39-20-22-12-16-33-30(18-22)26-7-1-3-10-32(26)41(33)36-24(21-40)6-5-9-25(36)23-13-17-35-31(19-23)29-15-14-28-27-8-2-4-11-34(27)42-37(28)38(29)43-35/h1-19H. The van der Waals surface area contributed by atoms with Crippen molar-refractivity contribution in [3.63, 3.8) is 0 Å². The first kappa shape index (κ1) is 23.4. The molecule has 0 unspecified atom stereocenters. The maximum absolute atomic E-state index is 10.3. The van der Waals surface area contributed by atoms with Crippen LogP contribution < -0.4 is 0 Å². The topological polar surface area (TPSA) is 78.8 Å². The Bertz CT molecular complexity index is 2710. The minimum atomic E-state index is 0.561. The molecule has 6 aromatic carbocycles. The van der Waals surface area contributed by atoms with Crippen LogP contribution in [0.3, 0.4) is 0 Å². The molecule has 0 bridgehead atoms. The summed E-state index contributed by atoms with van der Waals surface area (Å²) in [5.74, 6) is 0. The molecule has 0 N–H and O–H groups in total. The molecule has 3 aromatic heterocycles. The highest BCUT2D eigenvalue weighted by Crippen LogP contribution is 2.42. The van der Waals surface area contributed by atoms with Crippen LogP contribution in [0.1, 0.15) is 11.1 Å². The number of para-hydroxylation sites is 3. The molecule has 0 aliphatic carbocycles. The number of benzene rings is 6. The predicted molar refractivity (Wildman–Crippen MR) is 170 cm³/mol. The van der Waals surface area contributed by atoms with E-state index in [1.165, 1.54) is 0 Å². The van der Waals surface area contributed by atoms with Crippen LogP contribution in [0.5, 0.6) is 0 Å². The molecule has 5 nitrogen and oxygen atoms in total. The average Bonchev–Trinajstić information content (AvgIpc) is 3.73. The number of aromatic nitrogens is 1. The second-order valence-corrected chi connectivity index (χ2v) is 10.7. The maximum atomic E-state index is 10.3. The second kappa shape index (κ2) is 8.60. The molecule has 198 valence electrons. The van der Waals surface area contributed by atoms with Crippen molar-refractivity contribution in [2.24, 2.45) is 0 Å². The third kappa shape index (κ3) is 3.19. The van der Waals surface area contributed by atoms with Gasteiger partial charge in [0.2, 0.25) is 0 Å². The van der Waals surface area contributed by atoms with Crippen LogP contribution in [0.25, 0.3) is 82.5 Å². The van der Waals surface area contributed by atoms with Crippen molar-refractivity contribution in [1.29, 1.82) is 10.5 Å². The van der Waals surface area contributed by atoms with Crippen molar-refractivity contribution in [3.8, 4) is 29.0 Å². The Kier molecular flexibility index (Phi) is 4.68. The summed E-state index contributed by atoms with van der Waals surface area (Å²) >= 11 is 0. The lowest BCUT2D eigenvalue weighted by Gasteiger charge is -2.16. The zero-order valence-corrected chi connectivity index (χ0v) is 22.6. The maximum Gasteiger partial charge on any atom is 0.178 e. The third-order valence-electron chi connectivity index (χ3n) is 8.48. The molecule has 9 aromatic rings. The minimum Gasteiger partial charge on any atom is -0.452 e. The fourth-order valence-electron chi connectivity index (χ4n) is 6.58. The third-order valence-corrected chi connectivity index (χ3v) is 8.48. The van der Waals surface area contributed by atoms with Crippen molar-refractivity contribution in [3.05, 3.63) is 126 Å². The molecule has 0 atom stereocenters. The van der Waals surface area contributed by atoms with Crippen LogP contribution in [0.4, 0.5) is 0 Å². The number of hydrogen-bond acceptors (Lipinski definition) is 4. The molecule has 43 heavy (non-hydrogen) atoms. The molecule has 0 fully saturated rings. The van der Waals surface area contributed by atoms with Crippen LogP contribution >= 0.6 is 0 Å². The molecular weight excluding hydrogens is 530 g/mol. The normalized spacial score (nSPS) is 11.7. The SMILES string of the molecule is N#Cc1ccc2c(c1)c1ccccc1n2-c1c(C#N)cccc1-c1ccc2oc3c(ccc4c5ccccc5oc43)c2c1. The van der Waals surface area contributed by atoms with Crippen molar-refractivity contribution in [1.82, 2.24) is 4.57 Å². The fourth-order valence-corrected chi connectivity index (χ4v) is 6.58. The fraction of sp³-hybridized carbons (Fsp3) is 0. The van der Waals surface area contributed by atoms with Crippen molar-refractivity contribution < 1.29 is 8.83 Å². The summed E-state index contributed by atoms with van der Waals surface area (Å²) in [6.07, 6.45) is 0. The number of furan rings is 2. The van der Waals surface area contributed by atoms with E-state index in [0.29, 0.717) is 11.1 Å². The van der Waals surface area contributed by atoms with E-state index in [1.54, 1.807) is 0 Å². The Hall–Kier alpha value is -6.30. The molecular formula is C38H19N3O2. The Morgan fingerprint density at radius 2 is 1.23 bits per heavy atom. The molecule has 0 saturated heterocycles. The Morgan fingerprint density at radius 1 is 0.512 bits per heavy atom. The number of fused-ring (bicyclic) bond motifs is 10. The highest BCUT2D eigenvalue weighted by atomic mass is 16.4. The number of nitriles is 2. The summed E-state index contributed by atoms with van der Waals surface area (Å²) in [6.45, 7) is 0. The second-order valence-electron chi connectivity index (χ2n) is 10.7. The quantitative estimate of drug-likeness (QED) is 0.215. The van der Waals surface area contributed by atoms with Gasteiger partial charge in [-0.3, -0.25) is 0 Å². The smallest absolute Gasteiger partial charge is 0.178 e. The van der Waals surface area contributed by atoms with Crippen molar-refractivity contribution in [2.75, 3.05) is 0 Å². The minimum absolute atomic E-state index is 0.561.